The third kappa shape index (κ3) is 15.8. The summed E-state index contributed by atoms with van der Waals surface area (Å²) in [6, 6.07) is 0. The fourth-order valence-corrected chi connectivity index (χ4v) is 0.876. The predicted molar refractivity (Wildman–Crippen MR) is 50.9 cm³/mol. The zero-order valence-electron chi connectivity index (χ0n) is 7.10. The van der Waals surface area contributed by atoms with Crippen LogP contribution in [0.15, 0.2) is 0 Å². The molecular formula is C6H16NaO5P. The number of hydrogen-bond donors (Lipinski definition) is 2. The van der Waals surface area contributed by atoms with E-state index in [1.54, 1.807) is 0 Å². The molecule has 0 atom stereocenters. The van der Waals surface area contributed by atoms with Gasteiger partial charge in [0.2, 0.25) is 0 Å². The van der Waals surface area contributed by atoms with Crippen LogP contribution in [0, 0.1) is 0 Å². The van der Waals surface area contributed by atoms with E-state index < -0.39 is 7.82 Å². The molecule has 0 aromatic heterocycles. The van der Waals surface area contributed by atoms with Gasteiger partial charge in [0.1, 0.15) is 0 Å². The molecule has 5 nitrogen and oxygen atoms in total. The number of hydrogen-bond acceptors (Lipinski definition) is 3. The SMILES string of the molecule is CCCCOCCOP(=O)(O)O.[NaH]. The number of phosphoric ester groups is 1. The first-order valence-corrected chi connectivity index (χ1v) is 5.37. The molecule has 0 aliphatic carbocycles. The summed E-state index contributed by atoms with van der Waals surface area (Å²) in [6.45, 7) is 2.82. The van der Waals surface area contributed by atoms with Gasteiger partial charge in [-0.3, -0.25) is 4.52 Å². The fourth-order valence-electron chi connectivity index (χ4n) is 0.564. The van der Waals surface area contributed by atoms with Gasteiger partial charge in [0.05, 0.1) is 13.2 Å². The minimum absolute atomic E-state index is 0. The topological polar surface area (TPSA) is 76.0 Å². The van der Waals surface area contributed by atoms with Gasteiger partial charge in [0.15, 0.2) is 0 Å². The molecule has 2 N–H and O–H groups in total. The molecule has 0 fully saturated rings. The molecular weight excluding hydrogens is 206 g/mol. The van der Waals surface area contributed by atoms with Gasteiger partial charge in [-0.15, -0.1) is 0 Å². The molecule has 7 heteroatoms. The van der Waals surface area contributed by atoms with Crippen LogP contribution in [0.1, 0.15) is 19.8 Å². The maximum absolute atomic E-state index is 10.1. The Morgan fingerprint density at radius 3 is 2.31 bits per heavy atom. The third-order valence-corrected chi connectivity index (χ3v) is 1.65. The van der Waals surface area contributed by atoms with Crippen LogP contribution >= 0.6 is 7.82 Å². The van der Waals surface area contributed by atoms with Gasteiger partial charge in [-0.25, -0.2) is 4.57 Å². The van der Waals surface area contributed by atoms with E-state index in [-0.39, 0.29) is 42.8 Å². The van der Waals surface area contributed by atoms with Crippen LogP contribution in [0.2, 0.25) is 0 Å². The van der Waals surface area contributed by atoms with Crippen molar-refractivity contribution in [3.63, 3.8) is 0 Å². The number of phosphoric acid groups is 1. The molecule has 0 heterocycles. The van der Waals surface area contributed by atoms with E-state index in [4.69, 9.17) is 14.5 Å². The van der Waals surface area contributed by atoms with E-state index in [2.05, 4.69) is 4.52 Å². The molecule has 0 spiro atoms. The standard InChI is InChI=1S/C6H15O5P.Na.H/c1-2-3-4-10-5-6-11-12(7,8)9;;/h2-6H2,1H3,(H2,7,8,9);;. The zero-order chi connectivity index (χ0) is 9.45. The summed E-state index contributed by atoms with van der Waals surface area (Å²) in [6.07, 6.45) is 2.00. The summed E-state index contributed by atoms with van der Waals surface area (Å²) < 4.78 is 19.3. The van der Waals surface area contributed by atoms with Crippen LogP contribution in [0.5, 0.6) is 0 Å². The summed E-state index contributed by atoms with van der Waals surface area (Å²) >= 11 is 0. The second kappa shape index (κ2) is 9.62. The Morgan fingerprint density at radius 1 is 1.23 bits per heavy atom. The van der Waals surface area contributed by atoms with Gasteiger partial charge in [-0.05, 0) is 6.42 Å². The summed E-state index contributed by atoms with van der Waals surface area (Å²) in [7, 11) is -4.30. The van der Waals surface area contributed by atoms with Crippen molar-refractivity contribution in [3.8, 4) is 0 Å². The first-order chi connectivity index (χ1) is 5.56. The van der Waals surface area contributed by atoms with Crippen LogP contribution in [-0.2, 0) is 13.8 Å². The fraction of sp³-hybridized carbons (Fsp3) is 1.00. The summed E-state index contributed by atoms with van der Waals surface area (Å²) in [5.74, 6) is 0. The second-order valence-corrected chi connectivity index (χ2v) is 3.53. The van der Waals surface area contributed by atoms with Crippen molar-refractivity contribution in [1.29, 1.82) is 0 Å². The van der Waals surface area contributed by atoms with Crippen molar-refractivity contribution < 1.29 is 23.6 Å². The Kier molecular flexibility index (Phi) is 12.2. The first kappa shape index (κ1) is 16.5. The molecule has 0 aliphatic rings. The zero-order valence-corrected chi connectivity index (χ0v) is 8.00. The van der Waals surface area contributed by atoms with E-state index in [1.165, 1.54) is 0 Å². The van der Waals surface area contributed by atoms with E-state index >= 15 is 0 Å². The molecule has 13 heavy (non-hydrogen) atoms. The monoisotopic (exact) mass is 222 g/mol. The average molecular weight is 222 g/mol. The molecule has 0 aliphatic heterocycles. The maximum atomic E-state index is 10.1. The number of ether oxygens (including phenoxy) is 1. The van der Waals surface area contributed by atoms with Gasteiger partial charge in [-0.1, -0.05) is 13.3 Å². The molecule has 0 aromatic carbocycles. The Morgan fingerprint density at radius 2 is 1.85 bits per heavy atom. The Hall–Kier alpha value is 1.07. The van der Waals surface area contributed by atoms with Crippen molar-refractivity contribution in [2.24, 2.45) is 0 Å². The van der Waals surface area contributed by atoms with Gasteiger partial charge in [0, 0.05) is 6.61 Å². The Labute approximate surface area is 100 Å². The van der Waals surface area contributed by atoms with Crippen LogP contribution in [0.4, 0.5) is 0 Å². The molecule has 0 saturated carbocycles. The molecule has 0 amide bonds. The van der Waals surface area contributed by atoms with Gasteiger partial charge in [-0.2, -0.15) is 0 Å². The second-order valence-electron chi connectivity index (χ2n) is 2.29. The van der Waals surface area contributed by atoms with Crippen LogP contribution < -0.4 is 0 Å². The van der Waals surface area contributed by atoms with Crippen molar-refractivity contribution in [1.82, 2.24) is 0 Å². The van der Waals surface area contributed by atoms with Gasteiger partial charge < -0.3 is 14.5 Å². The normalized spacial score (nSPS) is 11.0. The average Bonchev–Trinajstić information content (AvgIpc) is 1.94. The van der Waals surface area contributed by atoms with E-state index in [9.17, 15) is 4.57 Å². The minimum atomic E-state index is -4.30. The molecule has 0 unspecified atom stereocenters. The third-order valence-electron chi connectivity index (χ3n) is 1.13. The number of rotatable bonds is 7. The summed E-state index contributed by atoms with van der Waals surface area (Å²) in [5, 5.41) is 0. The van der Waals surface area contributed by atoms with Crippen molar-refractivity contribution >= 4 is 37.4 Å². The number of unbranched alkanes of at least 4 members (excludes halogenated alkanes) is 1. The van der Waals surface area contributed by atoms with E-state index in [0.717, 1.165) is 12.8 Å². The molecule has 0 radical (unpaired) electrons. The van der Waals surface area contributed by atoms with E-state index in [1.807, 2.05) is 6.92 Å². The van der Waals surface area contributed by atoms with Crippen molar-refractivity contribution in [2.75, 3.05) is 19.8 Å². The van der Waals surface area contributed by atoms with Crippen LogP contribution in [0.25, 0.3) is 0 Å². The molecule has 0 rings (SSSR count). The Balaban J connectivity index is 0. The first-order valence-electron chi connectivity index (χ1n) is 3.84. The predicted octanol–water partition coefficient (Wildman–Crippen LogP) is 0.264. The van der Waals surface area contributed by atoms with Crippen LogP contribution in [-0.4, -0.2) is 59.2 Å². The van der Waals surface area contributed by atoms with Crippen molar-refractivity contribution in [2.45, 2.75) is 19.8 Å². The summed E-state index contributed by atoms with van der Waals surface area (Å²) in [4.78, 5) is 16.5. The molecule has 0 saturated heterocycles. The summed E-state index contributed by atoms with van der Waals surface area (Å²) in [5.41, 5.74) is 0. The van der Waals surface area contributed by atoms with Gasteiger partial charge >= 0.3 is 37.4 Å². The molecule has 0 bridgehead atoms. The molecule has 76 valence electrons. The molecule has 0 aromatic rings. The van der Waals surface area contributed by atoms with Gasteiger partial charge in [0.25, 0.3) is 0 Å². The quantitative estimate of drug-likeness (QED) is 0.367. The van der Waals surface area contributed by atoms with Crippen molar-refractivity contribution in [3.05, 3.63) is 0 Å². The van der Waals surface area contributed by atoms with Crippen LogP contribution in [0.3, 0.4) is 0 Å². The Bertz CT molecular complexity index is 148. The van der Waals surface area contributed by atoms with E-state index in [0.29, 0.717) is 6.61 Å².